The largest absolute Gasteiger partial charge is 0.356 e. The van der Waals surface area contributed by atoms with Crippen LogP contribution in [0.25, 0.3) is 10.9 Å². The summed E-state index contributed by atoms with van der Waals surface area (Å²) in [6.45, 7) is 18.7. The number of nitrogens with one attached hydrogen (secondary N) is 1. The van der Waals surface area contributed by atoms with Crippen LogP contribution in [0.3, 0.4) is 0 Å². The van der Waals surface area contributed by atoms with Gasteiger partial charge in [-0.25, -0.2) is 4.39 Å². The Kier molecular flexibility index (Phi) is 8.21. The molecule has 3 heteroatoms. The van der Waals surface area contributed by atoms with Crippen molar-refractivity contribution < 1.29 is 4.39 Å². The maximum atomic E-state index is 15.7. The highest BCUT2D eigenvalue weighted by atomic mass is 19.1. The molecule has 0 spiro atoms. The molecule has 1 aliphatic carbocycles. The lowest BCUT2D eigenvalue weighted by Crippen LogP contribution is -2.28. The number of hydrogen-bond donors (Lipinski definition) is 1. The second-order valence-corrected chi connectivity index (χ2v) is 12.5. The number of aromatic nitrogens is 1. The highest BCUT2D eigenvalue weighted by molar-refractivity contribution is 5.86. The summed E-state index contributed by atoms with van der Waals surface area (Å²) in [5.41, 5.74) is 5.89. The number of nitrogens with zero attached hydrogens (tertiary/aromatic N) is 1. The minimum absolute atomic E-state index is 0.00786. The zero-order valence-electron chi connectivity index (χ0n) is 24.0. The zero-order valence-corrected chi connectivity index (χ0v) is 24.0. The average Bonchev–Trinajstić information content (AvgIpc) is 3.22. The van der Waals surface area contributed by atoms with Crippen LogP contribution in [0.15, 0.2) is 54.7 Å². The lowest BCUT2D eigenvalue weighted by Gasteiger charge is -2.32. The second kappa shape index (κ2) is 11.1. The highest BCUT2D eigenvalue weighted by Gasteiger charge is 2.30. The van der Waals surface area contributed by atoms with Gasteiger partial charge in [-0.3, -0.25) is 0 Å². The van der Waals surface area contributed by atoms with Crippen LogP contribution in [0.5, 0.6) is 0 Å². The molecule has 1 saturated carbocycles. The van der Waals surface area contributed by atoms with E-state index in [9.17, 15) is 0 Å². The van der Waals surface area contributed by atoms with Crippen molar-refractivity contribution in [2.45, 2.75) is 110 Å². The Labute approximate surface area is 224 Å². The van der Waals surface area contributed by atoms with E-state index in [1.807, 2.05) is 6.07 Å². The van der Waals surface area contributed by atoms with E-state index in [-0.39, 0.29) is 16.6 Å². The molecule has 4 rings (SSSR count). The van der Waals surface area contributed by atoms with E-state index >= 15 is 4.39 Å². The Hall–Kier alpha value is -2.55. The minimum Gasteiger partial charge on any atom is -0.356 e. The summed E-state index contributed by atoms with van der Waals surface area (Å²) in [7, 11) is 0. The van der Waals surface area contributed by atoms with Crippen molar-refractivity contribution in [1.82, 2.24) is 4.57 Å². The van der Waals surface area contributed by atoms with E-state index in [1.54, 1.807) is 6.07 Å². The fraction of sp³-hybridized carbons (Fsp3) is 0.529. The van der Waals surface area contributed by atoms with Crippen LogP contribution in [0.1, 0.15) is 103 Å². The molecule has 0 saturated heterocycles. The third kappa shape index (κ3) is 5.81. The minimum atomic E-state index is -0.296. The summed E-state index contributed by atoms with van der Waals surface area (Å²) in [6, 6.07) is 14.9. The van der Waals surface area contributed by atoms with Gasteiger partial charge in [-0.2, -0.15) is 0 Å². The third-order valence-electron chi connectivity index (χ3n) is 8.71. The first-order valence-electron chi connectivity index (χ1n) is 14.5. The molecule has 1 unspecified atom stereocenters. The molecule has 0 bridgehead atoms. The predicted molar refractivity (Wildman–Crippen MR) is 158 cm³/mol. The molecule has 3 aromatic rings. The molecule has 200 valence electrons. The summed E-state index contributed by atoms with van der Waals surface area (Å²) >= 11 is 0. The number of benzene rings is 2. The quantitative estimate of drug-likeness (QED) is 0.308. The number of anilines is 1. The third-order valence-corrected chi connectivity index (χ3v) is 8.71. The van der Waals surface area contributed by atoms with E-state index in [1.165, 1.54) is 48.9 Å². The van der Waals surface area contributed by atoms with Gasteiger partial charge in [0.05, 0.1) is 11.2 Å². The smallest absolute Gasteiger partial charge is 0.148 e. The van der Waals surface area contributed by atoms with E-state index in [0.29, 0.717) is 11.6 Å². The van der Waals surface area contributed by atoms with Crippen LogP contribution in [0, 0.1) is 11.7 Å². The van der Waals surface area contributed by atoms with Gasteiger partial charge in [0.2, 0.25) is 0 Å². The van der Waals surface area contributed by atoms with Gasteiger partial charge in [-0.15, -0.1) is 0 Å². The van der Waals surface area contributed by atoms with E-state index in [0.717, 1.165) is 42.4 Å². The van der Waals surface area contributed by atoms with Gasteiger partial charge < -0.3 is 9.88 Å². The fourth-order valence-electron chi connectivity index (χ4n) is 6.05. The van der Waals surface area contributed by atoms with Gasteiger partial charge in [0.1, 0.15) is 5.82 Å². The SMILES string of the molecule is C=C(Nc1cc2cc(C(C)(C)C)n(CC3CCCCC3)c2cc1F)C(C)(CC)c1ccc(CCC)cc1. The highest BCUT2D eigenvalue weighted by Crippen LogP contribution is 2.38. The number of aryl methyl sites for hydroxylation is 1. The zero-order chi connectivity index (χ0) is 26.8. The van der Waals surface area contributed by atoms with Crippen LogP contribution < -0.4 is 5.32 Å². The molecule has 0 aliphatic heterocycles. The van der Waals surface area contributed by atoms with Crippen LogP contribution in [-0.2, 0) is 23.8 Å². The number of halogens is 1. The van der Waals surface area contributed by atoms with Crippen molar-refractivity contribution in [1.29, 1.82) is 0 Å². The number of rotatable bonds is 9. The molecule has 1 aromatic heterocycles. The second-order valence-electron chi connectivity index (χ2n) is 12.5. The fourth-order valence-corrected chi connectivity index (χ4v) is 6.05. The first-order chi connectivity index (χ1) is 17.6. The molecular weight excluding hydrogens is 455 g/mol. The lowest BCUT2D eigenvalue weighted by atomic mass is 9.77. The number of allylic oxidation sites excluding steroid dienone is 1. The van der Waals surface area contributed by atoms with Gasteiger partial charge >= 0.3 is 0 Å². The Morgan fingerprint density at radius 1 is 1.00 bits per heavy atom. The van der Waals surface area contributed by atoms with Gasteiger partial charge in [-0.05, 0) is 54.9 Å². The average molecular weight is 503 g/mol. The molecule has 0 amide bonds. The van der Waals surface area contributed by atoms with Crippen molar-refractivity contribution in [2.75, 3.05) is 5.32 Å². The molecule has 1 N–H and O–H groups in total. The van der Waals surface area contributed by atoms with Gasteiger partial charge in [0.25, 0.3) is 0 Å². The standard InChI is InChI=1S/C34H47FN2/c1-8-13-25-16-18-28(19-17-25)34(7,9-2)24(3)36-30-20-27-21-32(33(4,5)6)37(31(27)22-29(30)35)23-26-14-11-10-12-15-26/h16-22,26,36H,3,8-15,23H2,1-2,4-7H3. The predicted octanol–water partition coefficient (Wildman–Crippen LogP) is 9.90. The summed E-state index contributed by atoms with van der Waals surface area (Å²) in [6.07, 6.45) is 9.64. The van der Waals surface area contributed by atoms with Crippen LogP contribution in [0.4, 0.5) is 10.1 Å². The maximum Gasteiger partial charge on any atom is 0.148 e. The van der Waals surface area contributed by atoms with Crippen molar-refractivity contribution in [2.24, 2.45) is 5.92 Å². The first-order valence-corrected chi connectivity index (χ1v) is 14.5. The van der Waals surface area contributed by atoms with E-state index in [2.05, 4.69) is 88.3 Å². The molecule has 2 nitrogen and oxygen atoms in total. The summed E-state index contributed by atoms with van der Waals surface area (Å²) in [5.74, 6) is 0.467. The van der Waals surface area contributed by atoms with Crippen molar-refractivity contribution in [3.8, 4) is 0 Å². The first kappa shape index (κ1) is 27.5. The van der Waals surface area contributed by atoms with Crippen molar-refractivity contribution in [3.05, 3.63) is 77.4 Å². The molecule has 1 heterocycles. The molecule has 2 aromatic carbocycles. The molecule has 1 fully saturated rings. The van der Waals surface area contributed by atoms with Gasteiger partial charge in [0, 0.05) is 40.2 Å². The van der Waals surface area contributed by atoms with Crippen LogP contribution >= 0.6 is 0 Å². The monoisotopic (exact) mass is 502 g/mol. The van der Waals surface area contributed by atoms with Gasteiger partial charge in [0.15, 0.2) is 0 Å². The number of fused-ring (bicyclic) bond motifs is 1. The van der Waals surface area contributed by atoms with E-state index < -0.39 is 0 Å². The Balaban J connectivity index is 1.66. The summed E-state index contributed by atoms with van der Waals surface area (Å²) < 4.78 is 18.1. The topological polar surface area (TPSA) is 17.0 Å². The van der Waals surface area contributed by atoms with Crippen molar-refractivity contribution >= 4 is 16.6 Å². The normalized spacial score (nSPS) is 16.6. The Bertz CT molecular complexity index is 1220. The molecule has 1 aliphatic rings. The number of hydrogen-bond acceptors (Lipinski definition) is 1. The van der Waals surface area contributed by atoms with Crippen LogP contribution in [0.2, 0.25) is 0 Å². The molecule has 1 atom stereocenters. The maximum absolute atomic E-state index is 15.7. The van der Waals surface area contributed by atoms with Gasteiger partial charge in [-0.1, -0.05) is 98.1 Å². The summed E-state index contributed by atoms with van der Waals surface area (Å²) in [4.78, 5) is 0. The molecule has 37 heavy (non-hydrogen) atoms. The van der Waals surface area contributed by atoms with Crippen LogP contribution in [-0.4, -0.2) is 4.57 Å². The molecular formula is C34H47FN2. The van der Waals surface area contributed by atoms with Crippen molar-refractivity contribution in [3.63, 3.8) is 0 Å². The van der Waals surface area contributed by atoms with E-state index in [4.69, 9.17) is 0 Å². The summed E-state index contributed by atoms with van der Waals surface area (Å²) in [5, 5.41) is 4.50. The Morgan fingerprint density at radius 2 is 1.68 bits per heavy atom. The lowest BCUT2D eigenvalue weighted by molar-refractivity contribution is 0.315. The molecule has 0 radical (unpaired) electrons. The Morgan fingerprint density at radius 3 is 2.27 bits per heavy atom.